The lowest BCUT2D eigenvalue weighted by molar-refractivity contribution is -0.148. The van der Waals surface area contributed by atoms with Crippen LogP contribution in [0.2, 0.25) is 5.15 Å². The summed E-state index contributed by atoms with van der Waals surface area (Å²) >= 11 is 6.00. The van der Waals surface area contributed by atoms with E-state index in [1.807, 2.05) is 0 Å². The molecular weight excluding hydrogens is 446 g/mol. The van der Waals surface area contributed by atoms with Crippen LogP contribution in [-0.2, 0) is 33.0 Å². The summed E-state index contributed by atoms with van der Waals surface area (Å²) in [6.45, 7) is 3.31. The standard InChI is InChI=1S/C18H20ClN7O4S/c1-10-12(24-31(4,28)29)5-6-13(22-10)17-14(26(3)25-23-17)9-15(27)30-11(2)16-18(19)21-8-7-20-16/h5-8,11,24H,9H2,1-4H3. The van der Waals surface area contributed by atoms with E-state index in [1.54, 1.807) is 33.0 Å². The quantitative estimate of drug-likeness (QED) is 0.517. The highest BCUT2D eigenvalue weighted by Gasteiger charge is 2.22. The van der Waals surface area contributed by atoms with Gasteiger partial charge in [0, 0.05) is 19.4 Å². The number of esters is 1. The summed E-state index contributed by atoms with van der Waals surface area (Å²) in [6, 6.07) is 3.18. The summed E-state index contributed by atoms with van der Waals surface area (Å²) in [5.74, 6) is -0.534. The van der Waals surface area contributed by atoms with Crippen LogP contribution in [0.5, 0.6) is 0 Å². The molecule has 1 unspecified atom stereocenters. The van der Waals surface area contributed by atoms with Gasteiger partial charge in [-0.05, 0) is 26.0 Å². The molecule has 3 aromatic heterocycles. The van der Waals surface area contributed by atoms with E-state index < -0.39 is 22.1 Å². The number of anilines is 1. The number of pyridine rings is 1. The Morgan fingerprint density at radius 1 is 1.29 bits per heavy atom. The summed E-state index contributed by atoms with van der Waals surface area (Å²) in [6.07, 6.45) is 3.15. The highest BCUT2D eigenvalue weighted by atomic mass is 35.5. The number of hydrogen-bond acceptors (Lipinski definition) is 9. The van der Waals surface area contributed by atoms with Gasteiger partial charge >= 0.3 is 5.97 Å². The van der Waals surface area contributed by atoms with Crippen molar-refractivity contribution >= 4 is 33.3 Å². The summed E-state index contributed by atoms with van der Waals surface area (Å²) < 4.78 is 32.2. The molecule has 11 nitrogen and oxygen atoms in total. The summed E-state index contributed by atoms with van der Waals surface area (Å²) in [5.41, 5.74) is 2.47. The average Bonchev–Trinajstić information content (AvgIpc) is 3.03. The van der Waals surface area contributed by atoms with Crippen molar-refractivity contribution < 1.29 is 17.9 Å². The molecule has 3 rings (SSSR count). The van der Waals surface area contributed by atoms with Crippen LogP contribution in [0.25, 0.3) is 11.4 Å². The molecule has 164 valence electrons. The number of carbonyl (C=O) groups is 1. The topological polar surface area (TPSA) is 142 Å². The van der Waals surface area contributed by atoms with Crippen LogP contribution in [0.15, 0.2) is 24.5 Å². The van der Waals surface area contributed by atoms with Crippen molar-refractivity contribution in [3.8, 4) is 11.4 Å². The highest BCUT2D eigenvalue weighted by molar-refractivity contribution is 7.92. The zero-order valence-electron chi connectivity index (χ0n) is 17.2. The van der Waals surface area contributed by atoms with Gasteiger partial charge in [-0.15, -0.1) is 5.10 Å². The number of hydrogen-bond donors (Lipinski definition) is 1. The Balaban J connectivity index is 1.80. The molecule has 1 N–H and O–H groups in total. The van der Waals surface area contributed by atoms with E-state index in [9.17, 15) is 13.2 Å². The number of sulfonamides is 1. The molecule has 0 saturated heterocycles. The Morgan fingerprint density at radius 2 is 2.00 bits per heavy atom. The van der Waals surface area contributed by atoms with Crippen molar-refractivity contribution in [2.75, 3.05) is 11.0 Å². The molecule has 0 spiro atoms. The maximum absolute atomic E-state index is 12.5. The minimum absolute atomic E-state index is 0.120. The first kappa shape index (κ1) is 22.6. The molecule has 0 saturated carbocycles. The van der Waals surface area contributed by atoms with E-state index >= 15 is 0 Å². The number of nitrogens with zero attached hydrogens (tertiary/aromatic N) is 6. The van der Waals surface area contributed by atoms with Crippen LogP contribution < -0.4 is 4.72 Å². The number of aromatic nitrogens is 6. The normalized spacial score (nSPS) is 12.4. The van der Waals surface area contributed by atoms with E-state index in [0.717, 1.165) is 6.26 Å². The number of ether oxygens (including phenoxy) is 1. The number of rotatable bonds is 7. The lowest BCUT2D eigenvalue weighted by Crippen LogP contribution is -2.15. The van der Waals surface area contributed by atoms with Crippen molar-refractivity contribution in [3.05, 3.63) is 46.8 Å². The van der Waals surface area contributed by atoms with Crippen LogP contribution in [-0.4, -0.2) is 50.6 Å². The van der Waals surface area contributed by atoms with Crippen molar-refractivity contribution in [1.82, 2.24) is 29.9 Å². The van der Waals surface area contributed by atoms with Crippen LogP contribution in [0.1, 0.15) is 30.1 Å². The van der Waals surface area contributed by atoms with Crippen molar-refractivity contribution in [1.29, 1.82) is 0 Å². The van der Waals surface area contributed by atoms with Gasteiger partial charge in [0.05, 0.1) is 35.4 Å². The molecule has 0 aliphatic carbocycles. The van der Waals surface area contributed by atoms with Crippen LogP contribution >= 0.6 is 11.6 Å². The van der Waals surface area contributed by atoms with E-state index in [2.05, 4.69) is 30.0 Å². The molecule has 3 aromatic rings. The van der Waals surface area contributed by atoms with Gasteiger partial charge in [0.1, 0.15) is 17.5 Å². The predicted molar refractivity (Wildman–Crippen MR) is 113 cm³/mol. The average molecular weight is 466 g/mol. The zero-order chi connectivity index (χ0) is 22.8. The molecule has 3 heterocycles. The fourth-order valence-electron chi connectivity index (χ4n) is 2.81. The first-order valence-electron chi connectivity index (χ1n) is 9.05. The first-order chi connectivity index (χ1) is 14.5. The molecule has 0 aromatic carbocycles. The van der Waals surface area contributed by atoms with E-state index in [1.165, 1.54) is 17.1 Å². The molecule has 0 aliphatic rings. The van der Waals surface area contributed by atoms with Crippen molar-refractivity contribution in [2.45, 2.75) is 26.4 Å². The lowest BCUT2D eigenvalue weighted by atomic mass is 10.1. The highest BCUT2D eigenvalue weighted by Crippen LogP contribution is 2.25. The fourth-order valence-corrected chi connectivity index (χ4v) is 3.68. The van der Waals surface area contributed by atoms with Crippen molar-refractivity contribution in [2.24, 2.45) is 7.05 Å². The third-order valence-electron chi connectivity index (χ3n) is 4.25. The Hall–Kier alpha value is -3.12. The number of aryl methyl sites for hydroxylation is 2. The van der Waals surface area contributed by atoms with Crippen LogP contribution in [0.3, 0.4) is 0 Å². The second kappa shape index (κ2) is 8.94. The van der Waals surface area contributed by atoms with Gasteiger partial charge in [-0.3, -0.25) is 19.2 Å². The molecule has 0 aliphatic heterocycles. The van der Waals surface area contributed by atoms with Gasteiger partial charge in [-0.1, -0.05) is 16.8 Å². The molecule has 1 atom stereocenters. The second-order valence-electron chi connectivity index (χ2n) is 6.75. The predicted octanol–water partition coefficient (Wildman–Crippen LogP) is 1.85. The van der Waals surface area contributed by atoms with Gasteiger partial charge in [-0.25, -0.2) is 18.4 Å². The third-order valence-corrected chi connectivity index (χ3v) is 5.13. The van der Waals surface area contributed by atoms with Gasteiger partial charge < -0.3 is 4.74 Å². The fraction of sp³-hybridized carbons (Fsp3) is 0.333. The molecule has 0 fully saturated rings. The third kappa shape index (κ3) is 5.52. The Labute approximate surface area is 183 Å². The molecule has 0 radical (unpaired) electrons. The monoisotopic (exact) mass is 465 g/mol. The van der Waals surface area contributed by atoms with Gasteiger partial charge in [0.25, 0.3) is 0 Å². The molecule has 0 bridgehead atoms. The lowest BCUT2D eigenvalue weighted by Gasteiger charge is -2.13. The summed E-state index contributed by atoms with van der Waals surface area (Å²) in [5, 5.41) is 8.23. The summed E-state index contributed by atoms with van der Waals surface area (Å²) in [7, 11) is -1.79. The Bertz CT molecular complexity index is 1230. The molecule has 13 heteroatoms. The van der Waals surface area contributed by atoms with E-state index in [0.29, 0.717) is 34.2 Å². The second-order valence-corrected chi connectivity index (χ2v) is 8.86. The number of carbonyl (C=O) groups excluding carboxylic acids is 1. The van der Waals surface area contributed by atoms with Gasteiger partial charge in [0.2, 0.25) is 10.0 Å². The molecule has 0 amide bonds. The van der Waals surface area contributed by atoms with Gasteiger partial charge in [0.15, 0.2) is 5.15 Å². The van der Waals surface area contributed by atoms with E-state index in [-0.39, 0.29) is 11.6 Å². The van der Waals surface area contributed by atoms with Crippen molar-refractivity contribution in [3.63, 3.8) is 0 Å². The Kier molecular flexibility index (Phi) is 6.51. The zero-order valence-corrected chi connectivity index (χ0v) is 18.8. The van der Waals surface area contributed by atoms with Gasteiger partial charge in [-0.2, -0.15) is 0 Å². The summed E-state index contributed by atoms with van der Waals surface area (Å²) in [4.78, 5) is 25.0. The van der Waals surface area contributed by atoms with Crippen LogP contribution in [0, 0.1) is 6.92 Å². The minimum atomic E-state index is -3.44. The largest absolute Gasteiger partial charge is 0.456 e. The minimum Gasteiger partial charge on any atom is -0.456 e. The number of halogens is 1. The molecular formula is C18H20ClN7O4S. The maximum atomic E-state index is 12.5. The number of nitrogens with one attached hydrogen (secondary N) is 1. The Morgan fingerprint density at radius 3 is 2.65 bits per heavy atom. The SMILES string of the molecule is Cc1nc(-c2nnn(C)c2CC(=O)OC(C)c2nccnc2Cl)ccc1NS(C)(=O)=O. The van der Waals surface area contributed by atoms with E-state index in [4.69, 9.17) is 16.3 Å². The molecule has 31 heavy (non-hydrogen) atoms. The first-order valence-corrected chi connectivity index (χ1v) is 11.3. The smallest absolute Gasteiger partial charge is 0.312 e. The maximum Gasteiger partial charge on any atom is 0.312 e. The van der Waals surface area contributed by atoms with Crippen LogP contribution in [0.4, 0.5) is 5.69 Å².